The van der Waals surface area contributed by atoms with Crippen LogP contribution < -0.4 is 9.62 Å². The van der Waals surface area contributed by atoms with Gasteiger partial charge in [-0.05, 0) is 26.0 Å². The molecule has 1 N–H and O–H groups in total. The van der Waals surface area contributed by atoms with E-state index in [0.717, 1.165) is 0 Å². The standard InChI is InChI=1S/C23H29F2N7O4S2/c1-13(2)21(33)31-7-5-30(6-8-31)17-9-15(38(34,35)29-23(4)12-36-14(23)3)10-18-16(17)11-26-32(18)22-28-27-20(37-22)19(24)25/h9-11,13-14,19,29H,5-8,12H2,1-4H3/t14-,23-/m0/s1. The van der Waals surface area contributed by atoms with E-state index in [0.29, 0.717) is 54.1 Å². The van der Waals surface area contributed by atoms with Crippen LogP contribution in [0.3, 0.4) is 0 Å². The summed E-state index contributed by atoms with van der Waals surface area (Å²) in [6.45, 7) is 9.49. The van der Waals surface area contributed by atoms with E-state index in [9.17, 15) is 22.0 Å². The zero-order valence-electron chi connectivity index (χ0n) is 21.4. The molecule has 38 heavy (non-hydrogen) atoms. The van der Waals surface area contributed by atoms with E-state index in [1.165, 1.54) is 10.7 Å². The third-order valence-corrected chi connectivity index (χ3v) is 9.57. The molecule has 2 saturated heterocycles. The average molecular weight is 570 g/mol. The third kappa shape index (κ3) is 4.76. The second-order valence-electron chi connectivity index (χ2n) is 10.1. The number of nitrogens with one attached hydrogen (secondary N) is 1. The lowest BCUT2D eigenvalue weighted by Crippen LogP contribution is -2.65. The fraction of sp³-hybridized carbons (Fsp3) is 0.565. The van der Waals surface area contributed by atoms with Crippen LogP contribution in [0.15, 0.2) is 23.2 Å². The van der Waals surface area contributed by atoms with Crippen LogP contribution in [0.1, 0.15) is 39.1 Å². The van der Waals surface area contributed by atoms with Crippen LogP contribution in [-0.2, 0) is 19.6 Å². The van der Waals surface area contributed by atoms with E-state index >= 15 is 0 Å². The highest BCUT2D eigenvalue weighted by Gasteiger charge is 2.44. The Bertz CT molecular complexity index is 1470. The van der Waals surface area contributed by atoms with Gasteiger partial charge in [0.05, 0.1) is 34.9 Å². The number of anilines is 1. The Hall–Kier alpha value is -2.75. The Morgan fingerprint density at radius 3 is 2.47 bits per heavy atom. The molecule has 0 spiro atoms. The fourth-order valence-electron chi connectivity index (χ4n) is 4.56. The molecule has 15 heteroatoms. The molecule has 2 aliphatic rings. The summed E-state index contributed by atoms with van der Waals surface area (Å²) in [6, 6.07) is 3.05. The molecule has 4 heterocycles. The minimum absolute atomic E-state index is 0.00126. The van der Waals surface area contributed by atoms with Gasteiger partial charge in [0.2, 0.25) is 21.1 Å². The summed E-state index contributed by atoms with van der Waals surface area (Å²) in [5.74, 6) is -0.0466. The molecular weight excluding hydrogens is 540 g/mol. The summed E-state index contributed by atoms with van der Waals surface area (Å²) < 4.78 is 62.9. The topological polar surface area (TPSA) is 123 Å². The summed E-state index contributed by atoms with van der Waals surface area (Å²) in [6.07, 6.45) is -1.52. The van der Waals surface area contributed by atoms with E-state index in [4.69, 9.17) is 4.74 Å². The van der Waals surface area contributed by atoms with Crippen molar-refractivity contribution in [3.05, 3.63) is 23.3 Å². The van der Waals surface area contributed by atoms with Gasteiger partial charge in [0.1, 0.15) is 0 Å². The predicted molar refractivity (Wildman–Crippen MR) is 137 cm³/mol. The van der Waals surface area contributed by atoms with Crippen LogP contribution in [0, 0.1) is 5.92 Å². The lowest BCUT2D eigenvalue weighted by Gasteiger charge is -2.45. The molecule has 1 amide bonds. The van der Waals surface area contributed by atoms with E-state index in [-0.39, 0.29) is 34.6 Å². The molecule has 2 fully saturated rings. The lowest BCUT2D eigenvalue weighted by molar-refractivity contribution is -0.134. The Balaban J connectivity index is 1.57. The number of halogens is 2. The van der Waals surface area contributed by atoms with E-state index < -0.39 is 27.0 Å². The largest absolute Gasteiger partial charge is 0.374 e. The molecule has 0 saturated carbocycles. The molecule has 2 atom stereocenters. The summed E-state index contributed by atoms with van der Waals surface area (Å²) in [7, 11) is -4.00. The molecule has 1 aromatic carbocycles. The van der Waals surface area contributed by atoms with Crippen LogP contribution in [0.4, 0.5) is 14.5 Å². The first-order valence-electron chi connectivity index (χ1n) is 12.2. The summed E-state index contributed by atoms with van der Waals surface area (Å²) in [4.78, 5) is 16.3. The minimum Gasteiger partial charge on any atom is -0.374 e. The highest BCUT2D eigenvalue weighted by Crippen LogP contribution is 2.35. The molecule has 3 aromatic rings. The number of ether oxygens (including phenoxy) is 1. The maximum atomic E-state index is 13.6. The first-order chi connectivity index (χ1) is 17.9. The van der Waals surface area contributed by atoms with E-state index in [1.807, 2.05) is 18.7 Å². The number of nitrogens with zero attached hydrogens (tertiary/aromatic N) is 6. The molecular formula is C23H29F2N7O4S2. The normalized spacial score (nSPS) is 22.5. The highest BCUT2D eigenvalue weighted by molar-refractivity contribution is 7.89. The molecule has 5 rings (SSSR count). The van der Waals surface area contributed by atoms with Crippen LogP contribution >= 0.6 is 11.3 Å². The Morgan fingerprint density at radius 2 is 1.92 bits per heavy atom. The van der Waals surface area contributed by atoms with Crippen molar-refractivity contribution in [1.82, 2.24) is 29.6 Å². The van der Waals surface area contributed by atoms with Crippen LogP contribution in [0.2, 0.25) is 0 Å². The van der Waals surface area contributed by atoms with Crippen molar-refractivity contribution in [2.45, 2.75) is 50.7 Å². The number of carbonyl (C=O) groups excluding carboxylic acids is 1. The second-order valence-corrected chi connectivity index (χ2v) is 12.8. The minimum atomic E-state index is -4.00. The highest BCUT2D eigenvalue weighted by atomic mass is 32.2. The van der Waals surface area contributed by atoms with Crippen molar-refractivity contribution in [2.75, 3.05) is 37.7 Å². The smallest absolute Gasteiger partial charge is 0.291 e. The number of amides is 1. The summed E-state index contributed by atoms with van der Waals surface area (Å²) >= 11 is 0.686. The molecule has 0 bridgehead atoms. The number of carbonyl (C=O) groups is 1. The molecule has 0 radical (unpaired) electrons. The monoisotopic (exact) mass is 569 g/mol. The van der Waals surface area contributed by atoms with E-state index in [2.05, 4.69) is 20.0 Å². The van der Waals surface area contributed by atoms with Crippen molar-refractivity contribution >= 4 is 43.9 Å². The Kier molecular flexibility index (Phi) is 6.90. The number of sulfonamides is 1. The van der Waals surface area contributed by atoms with Crippen molar-refractivity contribution in [1.29, 1.82) is 0 Å². The van der Waals surface area contributed by atoms with Gasteiger partial charge in [0.25, 0.3) is 6.43 Å². The average Bonchev–Trinajstić information content (AvgIpc) is 3.54. The predicted octanol–water partition coefficient (Wildman–Crippen LogP) is 2.57. The number of alkyl halides is 2. The van der Waals surface area contributed by atoms with Gasteiger partial charge in [-0.2, -0.15) is 5.10 Å². The summed E-state index contributed by atoms with van der Waals surface area (Å²) in [5, 5.41) is 12.0. The van der Waals surface area contributed by atoms with Gasteiger partial charge in [0.15, 0.2) is 5.01 Å². The van der Waals surface area contributed by atoms with Crippen LogP contribution in [0.25, 0.3) is 16.0 Å². The molecule has 2 aromatic heterocycles. The molecule has 206 valence electrons. The summed E-state index contributed by atoms with van der Waals surface area (Å²) in [5.41, 5.74) is 0.249. The number of piperazine rings is 1. The maximum absolute atomic E-state index is 13.6. The van der Waals surface area contributed by atoms with Crippen molar-refractivity contribution in [3.63, 3.8) is 0 Å². The van der Waals surface area contributed by atoms with Gasteiger partial charge in [-0.3, -0.25) is 4.79 Å². The molecule has 0 aliphatic carbocycles. The maximum Gasteiger partial charge on any atom is 0.291 e. The Morgan fingerprint density at radius 1 is 1.21 bits per heavy atom. The number of hydrogen-bond acceptors (Lipinski definition) is 9. The van der Waals surface area contributed by atoms with Crippen molar-refractivity contribution < 1.29 is 26.7 Å². The fourth-order valence-corrected chi connectivity index (χ4v) is 6.73. The molecule has 0 unspecified atom stereocenters. The Labute approximate surface area is 222 Å². The number of fused-ring (bicyclic) bond motifs is 1. The van der Waals surface area contributed by atoms with Gasteiger partial charge in [0, 0.05) is 43.2 Å². The SMILES string of the molecule is CC(C)C(=O)N1CCN(c2cc(S(=O)(=O)N[C@@]3(C)CO[C@H]3C)cc3c2cnn3-c2nnc(C(F)F)s2)CC1. The second kappa shape index (κ2) is 9.77. The van der Waals surface area contributed by atoms with Gasteiger partial charge < -0.3 is 14.5 Å². The first kappa shape index (κ1) is 26.8. The number of hydrogen-bond donors (Lipinski definition) is 1. The lowest BCUT2D eigenvalue weighted by atomic mass is 9.93. The van der Waals surface area contributed by atoms with Gasteiger partial charge in [-0.25, -0.2) is 26.6 Å². The number of benzene rings is 1. The first-order valence-corrected chi connectivity index (χ1v) is 14.5. The van der Waals surface area contributed by atoms with Crippen molar-refractivity contribution in [3.8, 4) is 5.13 Å². The molecule has 11 nitrogen and oxygen atoms in total. The zero-order valence-corrected chi connectivity index (χ0v) is 23.0. The third-order valence-electron chi connectivity index (χ3n) is 7.07. The molecule has 2 aliphatic heterocycles. The van der Waals surface area contributed by atoms with Crippen molar-refractivity contribution in [2.24, 2.45) is 5.92 Å². The number of rotatable bonds is 7. The van der Waals surface area contributed by atoms with Gasteiger partial charge >= 0.3 is 0 Å². The van der Waals surface area contributed by atoms with Gasteiger partial charge in [-0.15, -0.1) is 10.2 Å². The van der Waals surface area contributed by atoms with Gasteiger partial charge in [-0.1, -0.05) is 25.2 Å². The van der Waals surface area contributed by atoms with Crippen LogP contribution in [0.5, 0.6) is 0 Å². The van der Waals surface area contributed by atoms with E-state index in [1.54, 1.807) is 31.0 Å². The zero-order chi connectivity index (χ0) is 27.4. The number of aromatic nitrogens is 4. The quantitative estimate of drug-likeness (QED) is 0.461. The van der Waals surface area contributed by atoms with Crippen LogP contribution in [-0.4, -0.2) is 83.6 Å².